The predicted octanol–water partition coefficient (Wildman–Crippen LogP) is -2.98. The Morgan fingerprint density at radius 3 is 2.08 bits per heavy atom. The number of nitrogens with one attached hydrogen (secondary N) is 4. The van der Waals surface area contributed by atoms with E-state index < -0.39 is 60.4 Å². The molecule has 0 fully saturated rings. The van der Waals surface area contributed by atoms with Gasteiger partial charge in [0.05, 0.1) is 19.0 Å². The van der Waals surface area contributed by atoms with Crippen molar-refractivity contribution in [1.29, 1.82) is 0 Å². The number of primary amides is 1. The number of phenols is 1. The predicted molar refractivity (Wildman–Crippen MR) is 131 cm³/mol. The zero-order valence-corrected chi connectivity index (χ0v) is 20.3. The summed E-state index contributed by atoms with van der Waals surface area (Å²) in [5.41, 5.74) is 11.8. The maximum absolute atomic E-state index is 13.0. The Labute approximate surface area is 217 Å². The number of nitrogens with zero attached hydrogens (tertiary/aromatic N) is 1. The normalized spacial score (nSPS) is 13.9. The van der Waals surface area contributed by atoms with Crippen LogP contribution in [0.3, 0.4) is 0 Å². The van der Waals surface area contributed by atoms with Gasteiger partial charge in [0.15, 0.2) is 0 Å². The number of aromatic hydroxyl groups is 1. The third kappa shape index (κ3) is 9.51. The summed E-state index contributed by atoms with van der Waals surface area (Å²) in [5, 5.41) is 35.6. The first-order chi connectivity index (χ1) is 18.0. The molecule has 0 saturated carbocycles. The molecule has 4 amide bonds. The number of phenolic OH excluding ortho intramolecular Hbond substituents is 1. The minimum absolute atomic E-state index is 0.0154. The number of aliphatic hydroxyl groups is 1. The van der Waals surface area contributed by atoms with Gasteiger partial charge in [-0.2, -0.15) is 0 Å². The number of aliphatic carboxylic acids is 1. The molecule has 38 heavy (non-hydrogen) atoms. The first-order valence-corrected chi connectivity index (χ1v) is 11.5. The zero-order chi connectivity index (χ0) is 28.2. The number of carbonyl (C=O) groups excluding carboxylic acids is 4. The molecule has 0 spiro atoms. The van der Waals surface area contributed by atoms with Crippen LogP contribution in [0.15, 0.2) is 36.8 Å². The summed E-state index contributed by atoms with van der Waals surface area (Å²) in [6.07, 6.45) is 2.35. The van der Waals surface area contributed by atoms with Crippen LogP contribution in [-0.4, -0.2) is 85.7 Å². The van der Waals surface area contributed by atoms with Crippen molar-refractivity contribution in [3.8, 4) is 5.75 Å². The SMILES string of the molecule is NC(=O)CCC(N)C(=O)NC(Cc1cnc[nH]1)C(=O)NC(CO)C(=O)NC(Cc1ccc(O)cc1)C(=O)O. The number of benzene rings is 1. The number of aromatic amines is 1. The number of hydrogen-bond acceptors (Lipinski definition) is 9. The molecule has 2 rings (SSSR count). The van der Waals surface area contributed by atoms with E-state index in [1.807, 2.05) is 0 Å². The lowest BCUT2D eigenvalue weighted by molar-refractivity contribution is -0.142. The number of carboxylic acids is 1. The third-order valence-electron chi connectivity index (χ3n) is 5.46. The lowest BCUT2D eigenvalue weighted by Gasteiger charge is -2.24. The number of hydrogen-bond donors (Lipinski definition) is 9. The van der Waals surface area contributed by atoms with Crippen LogP contribution in [0.4, 0.5) is 0 Å². The highest BCUT2D eigenvalue weighted by Crippen LogP contribution is 2.11. The Hall–Kier alpha value is -4.50. The summed E-state index contributed by atoms with van der Waals surface area (Å²) >= 11 is 0. The minimum atomic E-state index is -1.55. The number of aliphatic hydroxyl groups excluding tert-OH is 1. The standard InChI is InChI=1S/C23H31N7O8/c24-15(5-6-19(25)33)20(34)28-16(8-13-9-26-11-27-13)21(35)30-18(10-31)22(36)29-17(23(37)38)7-12-1-3-14(32)4-2-12/h1-4,9,11,15-18,31-32H,5-8,10,24H2,(H2,25,33)(H,26,27)(H,28,34)(H,29,36)(H,30,35)(H,37,38). The van der Waals surface area contributed by atoms with Crippen LogP contribution in [0.25, 0.3) is 0 Å². The summed E-state index contributed by atoms with van der Waals surface area (Å²) in [6, 6.07) is 0.334. The van der Waals surface area contributed by atoms with Crippen molar-refractivity contribution in [2.75, 3.05) is 6.61 Å². The highest BCUT2D eigenvalue weighted by Gasteiger charge is 2.30. The van der Waals surface area contributed by atoms with Crippen molar-refractivity contribution in [2.24, 2.45) is 11.5 Å². The number of carbonyl (C=O) groups is 5. The van der Waals surface area contributed by atoms with Gasteiger partial charge in [0, 0.05) is 31.2 Å². The van der Waals surface area contributed by atoms with Gasteiger partial charge < -0.3 is 47.7 Å². The van der Waals surface area contributed by atoms with Gasteiger partial charge in [-0.1, -0.05) is 12.1 Å². The number of amides is 4. The Morgan fingerprint density at radius 2 is 1.53 bits per heavy atom. The van der Waals surface area contributed by atoms with Crippen molar-refractivity contribution in [3.63, 3.8) is 0 Å². The van der Waals surface area contributed by atoms with Crippen molar-refractivity contribution < 1.29 is 39.3 Å². The average molecular weight is 534 g/mol. The Balaban J connectivity index is 2.09. The molecule has 206 valence electrons. The largest absolute Gasteiger partial charge is 0.508 e. The van der Waals surface area contributed by atoms with Gasteiger partial charge in [-0.15, -0.1) is 0 Å². The van der Waals surface area contributed by atoms with Gasteiger partial charge in [-0.25, -0.2) is 9.78 Å². The fourth-order valence-corrected chi connectivity index (χ4v) is 3.34. The van der Waals surface area contributed by atoms with E-state index in [2.05, 4.69) is 25.9 Å². The molecule has 0 aliphatic heterocycles. The maximum atomic E-state index is 13.0. The molecule has 11 N–H and O–H groups in total. The van der Waals surface area contributed by atoms with E-state index in [9.17, 15) is 39.3 Å². The molecule has 0 bridgehead atoms. The first kappa shape index (κ1) is 29.7. The van der Waals surface area contributed by atoms with Crippen LogP contribution in [0, 0.1) is 0 Å². The van der Waals surface area contributed by atoms with Gasteiger partial charge in [-0.05, 0) is 24.1 Å². The van der Waals surface area contributed by atoms with Crippen LogP contribution in [0.5, 0.6) is 5.75 Å². The van der Waals surface area contributed by atoms with E-state index in [1.54, 1.807) is 0 Å². The Kier molecular flexibility index (Phi) is 11.2. The molecule has 15 heteroatoms. The maximum Gasteiger partial charge on any atom is 0.326 e. The molecule has 4 unspecified atom stereocenters. The number of carboxylic acid groups (broad SMARTS) is 1. The second-order valence-electron chi connectivity index (χ2n) is 8.47. The van der Waals surface area contributed by atoms with E-state index in [4.69, 9.17) is 11.5 Å². The average Bonchev–Trinajstić information content (AvgIpc) is 3.39. The molecule has 1 aromatic heterocycles. The van der Waals surface area contributed by atoms with Crippen LogP contribution in [0.1, 0.15) is 24.1 Å². The summed E-state index contributed by atoms with van der Waals surface area (Å²) in [5.74, 6) is -4.62. The molecule has 1 heterocycles. The van der Waals surface area contributed by atoms with Crippen LogP contribution in [0.2, 0.25) is 0 Å². The lowest BCUT2D eigenvalue weighted by Crippen LogP contribution is -2.58. The monoisotopic (exact) mass is 533 g/mol. The number of H-pyrrole nitrogens is 1. The molecule has 0 saturated heterocycles. The number of rotatable bonds is 15. The number of aromatic nitrogens is 2. The smallest absolute Gasteiger partial charge is 0.326 e. The van der Waals surface area contributed by atoms with E-state index >= 15 is 0 Å². The summed E-state index contributed by atoms with van der Waals surface area (Å²) in [4.78, 5) is 67.5. The Morgan fingerprint density at radius 1 is 0.921 bits per heavy atom. The Bertz CT molecular complexity index is 1110. The number of imidazole rings is 1. The van der Waals surface area contributed by atoms with Crippen molar-refractivity contribution in [1.82, 2.24) is 25.9 Å². The van der Waals surface area contributed by atoms with Crippen molar-refractivity contribution in [2.45, 2.75) is 49.9 Å². The molecule has 1 aromatic carbocycles. The van der Waals surface area contributed by atoms with Crippen LogP contribution >= 0.6 is 0 Å². The molecular formula is C23H31N7O8. The van der Waals surface area contributed by atoms with Crippen molar-refractivity contribution >= 4 is 29.6 Å². The van der Waals surface area contributed by atoms with E-state index in [0.29, 0.717) is 11.3 Å². The summed E-state index contributed by atoms with van der Waals surface area (Å²) < 4.78 is 0. The molecule has 0 aliphatic carbocycles. The molecule has 0 radical (unpaired) electrons. The van der Waals surface area contributed by atoms with E-state index in [-0.39, 0.29) is 31.4 Å². The molecule has 2 aromatic rings. The highest BCUT2D eigenvalue weighted by molar-refractivity contribution is 5.94. The molecule has 4 atom stereocenters. The fraction of sp³-hybridized carbons (Fsp3) is 0.391. The summed E-state index contributed by atoms with van der Waals surface area (Å²) in [6.45, 7) is -0.869. The van der Waals surface area contributed by atoms with Gasteiger partial charge in [-0.3, -0.25) is 19.2 Å². The van der Waals surface area contributed by atoms with Crippen LogP contribution < -0.4 is 27.4 Å². The van der Waals surface area contributed by atoms with Gasteiger partial charge in [0.2, 0.25) is 23.6 Å². The molecule has 0 aliphatic rings. The molecular weight excluding hydrogens is 502 g/mol. The second kappa shape index (κ2) is 14.3. The van der Waals surface area contributed by atoms with Gasteiger partial charge in [0.1, 0.15) is 23.9 Å². The number of nitrogens with two attached hydrogens (primary N) is 2. The van der Waals surface area contributed by atoms with Crippen molar-refractivity contribution in [3.05, 3.63) is 48.0 Å². The van der Waals surface area contributed by atoms with Gasteiger partial charge in [0.25, 0.3) is 0 Å². The first-order valence-electron chi connectivity index (χ1n) is 11.5. The minimum Gasteiger partial charge on any atom is -0.508 e. The summed E-state index contributed by atoms with van der Waals surface area (Å²) in [7, 11) is 0. The highest BCUT2D eigenvalue weighted by atomic mass is 16.4. The van der Waals surface area contributed by atoms with Gasteiger partial charge >= 0.3 is 5.97 Å². The van der Waals surface area contributed by atoms with Crippen LogP contribution in [-0.2, 0) is 36.8 Å². The van der Waals surface area contributed by atoms with E-state index in [0.717, 1.165) is 0 Å². The van der Waals surface area contributed by atoms with E-state index in [1.165, 1.54) is 36.8 Å². The zero-order valence-electron chi connectivity index (χ0n) is 20.3. The third-order valence-corrected chi connectivity index (χ3v) is 5.46. The fourth-order valence-electron chi connectivity index (χ4n) is 3.34. The molecule has 15 nitrogen and oxygen atoms in total. The lowest BCUT2D eigenvalue weighted by atomic mass is 10.0. The second-order valence-corrected chi connectivity index (χ2v) is 8.47. The topological polar surface area (TPSA) is 263 Å². The quantitative estimate of drug-likeness (QED) is 0.112.